The molecule has 0 saturated heterocycles. The van der Waals surface area contributed by atoms with Crippen molar-refractivity contribution in [1.29, 1.82) is 0 Å². The third kappa shape index (κ3) is 6.88. The van der Waals surface area contributed by atoms with Crippen LogP contribution in [0.4, 0.5) is 0 Å². The molecule has 5 aromatic heterocycles. The average Bonchev–Trinajstić information content (AvgIpc) is 3.95. The lowest BCUT2D eigenvalue weighted by Gasteiger charge is -2.17. The van der Waals surface area contributed by atoms with Gasteiger partial charge >= 0.3 is 0 Å². The summed E-state index contributed by atoms with van der Waals surface area (Å²) in [6.07, 6.45) is 18.3. The molecule has 5 heterocycles. The number of pyridine rings is 2. The van der Waals surface area contributed by atoms with Gasteiger partial charge in [0.15, 0.2) is 5.82 Å². The number of fused-ring (bicyclic) bond motifs is 7. The normalized spacial score (nSPS) is 14.6. The highest BCUT2D eigenvalue weighted by molar-refractivity contribution is 6.23. The minimum atomic E-state index is 0.290. The molecule has 322 valence electrons. The molecule has 1 unspecified atom stereocenters. The lowest BCUT2D eigenvalue weighted by molar-refractivity contribution is 0.854. The molecule has 0 bridgehead atoms. The number of hydrogen-bond donors (Lipinski definition) is 0. The fourth-order valence-corrected chi connectivity index (χ4v) is 10.3. The van der Waals surface area contributed by atoms with E-state index in [1.165, 1.54) is 22.3 Å². The summed E-state index contributed by atoms with van der Waals surface area (Å²) in [5.74, 6) is 2.51. The van der Waals surface area contributed by atoms with Crippen LogP contribution in [0.2, 0.25) is 0 Å². The second-order valence-corrected chi connectivity index (χ2v) is 17.7. The highest BCUT2D eigenvalue weighted by atomic mass is 15.1. The molecule has 2 aliphatic rings. The topological polar surface area (TPSA) is 61.4 Å². The first-order valence-electron chi connectivity index (χ1n) is 23.5. The third-order valence-electron chi connectivity index (χ3n) is 13.5. The Morgan fingerprint density at radius 3 is 1.69 bits per heavy atom. The van der Waals surface area contributed by atoms with Crippen molar-refractivity contribution in [3.05, 3.63) is 236 Å². The predicted octanol–water partition coefficient (Wildman–Crippen LogP) is 15.5. The molecule has 2 aliphatic carbocycles. The van der Waals surface area contributed by atoms with Crippen LogP contribution in [-0.4, -0.2) is 29.1 Å². The van der Waals surface area contributed by atoms with E-state index in [9.17, 15) is 0 Å². The van der Waals surface area contributed by atoms with Gasteiger partial charge in [0.25, 0.3) is 0 Å². The second kappa shape index (κ2) is 16.6. The Bertz CT molecular complexity index is 3890. The quantitative estimate of drug-likeness (QED) is 0.153. The van der Waals surface area contributed by atoms with Crippen molar-refractivity contribution >= 4 is 49.2 Å². The molecule has 11 aromatic rings. The number of benzene rings is 6. The van der Waals surface area contributed by atoms with Crippen molar-refractivity contribution in [2.45, 2.75) is 25.2 Å². The minimum Gasteiger partial charge on any atom is -0.292 e. The molecular weight excluding hydrogens is 829 g/mol. The number of allylic oxidation sites excluding steroid dienone is 8. The molecule has 6 aromatic carbocycles. The number of rotatable bonds is 8. The Hall–Kier alpha value is -8.74. The van der Waals surface area contributed by atoms with E-state index < -0.39 is 0 Å². The number of nitrogens with zero attached hydrogens (tertiary/aromatic N) is 6. The van der Waals surface area contributed by atoms with Crippen molar-refractivity contribution in [3.63, 3.8) is 0 Å². The highest BCUT2D eigenvalue weighted by Gasteiger charge is 2.23. The van der Waals surface area contributed by atoms with Crippen molar-refractivity contribution in [2.24, 2.45) is 0 Å². The third-order valence-corrected chi connectivity index (χ3v) is 13.5. The SMILES string of the molecule is C1=CCCC(c2cc(-c3ccccc3)nc(-c3cccc(-n4c5ccccc5c5ccc6c7ccccc7n(-c7cccc(-c8cc(-c9ccccc9)cc(C9C=CC=CC9)c8)n7)c6c54)n3)n2)=C1. The van der Waals surface area contributed by atoms with Crippen LogP contribution in [0.5, 0.6) is 0 Å². The molecule has 0 saturated carbocycles. The molecule has 0 spiro atoms. The first-order valence-corrected chi connectivity index (χ1v) is 23.5. The maximum atomic E-state index is 5.58. The summed E-state index contributed by atoms with van der Waals surface area (Å²) in [7, 11) is 0. The van der Waals surface area contributed by atoms with Crippen LogP contribution < -0.4 is 0 Å². The minimum absolute atomic E-state index is 0.290. The van der Waals surface area contributed by atoms with Crippen LogP contribution in [0.25, 0.3) is 106 Å². The van der Waals surface area contributed by atoms with E-state index in [0.29, 0.717) is 17.4 Å². The standard InChI is InChI=1S/C62H44N6/c1-5-19-41(20-6-1)45-37-46(42-21-7-2-8-22-42)39-47(38-45)52-29-17-33-58(63-52)67-56-31-15-13-27-48(56)50-35-36-51-49-28-14-16-32-57(49)68(61(51)60(50)67)59-34-18-30-53(64-59)62-65-54(43-23-9-3-10-24-43)40-55(66-62)44-25-11-4-12-26-44/h1-11,13-21,23-25,27-40,42H,12,22,26H2. The van der Waals surface area contributed by atoms with E-state index in [4.69, 9.17) is 19.9 Å². The van der Waals surface area contributed by atoms with Crippen LogP contribution in [0.1, 0.15) is 36.4 Å². The van der Waals surface area contributed by atoms with Gasteiger partial charge in [-0.25, -0.2) is 19.9 Å². The summed E-state index contributed by atoms with van der Waals surface area (Å²) < 4.78 is 4.69. The molecule has 6 nitrogen and oxygen atoms in total. The predicted molar refractivity (Wildman–Crippen MR) is 280 cm³/mol. The van der Waals surface area contributed by atoms with Gasteiger partial charge in [-0.05, 0) is 96.1 Å². The van der Waals surface area contributed by atoms with E-state index in [1.54, 1.807) is 0 Å². The first kappa shape index (κ1) is 39.6. The van der Waals surface area contributed by atoms with Gasteiger partial charge in [-0.2, -0.15) is 0 Å². The van der Waals surface area contributed by atoms with E-state index in [2.05, 4.69) is 222 Å². The molecule has 0 N–H and O–H groups in total. The monoisotopic (exact) mass is 872 g/mol. The average molecular weight is 873 g/mol. The van der Waals surface area contributed by atoms with Crippen LogP contribution in [0.3, 0.4) is 0 Å². The van der Waals surface area contributed by atoms with Crippen LogP contribution in [0.15, 0.2) is 225 Å². The molecule has 1 atom stereocenters. The van der Waals surface area contributed by atoms with E-state index in [-0.39, 0.29) is 0 Å². The molecule has 0 aliphatic heterocycles. The number of hydrogen-bond acceptors (Lipinski definition) is 4. The smallest absolute Gasteiger partial charge is 0.179 e. The van der Waals surface area contributed by atoms with E-state index in [0.717, 1.165) is 103 Å². The van der Waals surface area contributed by atoms with Gasteiger partial charge < -0.3 is 0 Å². The van der Waals surface area contributed by atoms with Gasteiger partial charge in [0.05, 0.1) is 39.1 Å². The van der Waals surface area contributed by atoms with Crippen molar-refractivity contribution in [2.75, 3.05) is 0 Å². The van der Waals surface area contributed by atoms with Crippen molar-refractivity contribution in [1.82, 2.24) is 29.1 Å². The zero-order valence-corrected chi connectivity index (χ0v) is 37.2. The zero-order valence-electron chi connectivity index (χ0n) is 37.2. The van der Waals surface area contributed by atoms with Crippen LogP contribution in [-0.2, 0) is 0 Å². The van der Waals surface area contributed by atoms with Gasteiger partial charge in [-0.3, -0.25) is 9.13 Å². The largest absolute Gasteiger partial charge is 0.292 e. The number of para-hydroxylation sites is 2. The molecule has 68 heavy (non-hydrogen) atoms. The Labute approximate surface area is 394 Å². The summed E-state index contributed by atoms with van der Waals surface area (Å²) in [6, 6.07) is 64.7. The maximum Gasteiger partial charge on any atom is 0.179 e. The highest BCUT2D eigenvalue weighted by Crippen LogP contribution is 2.42. The second-order valence-electron chi connectivity index (χ2n) is 17.7. The molecule has 0 amide bonds. The first-order chi connectivity index (χ1) is 33.7. The fourth-order valence-electron chi connectivity index (χ4n) is 10.3. The molecule has 0 fully saturated rings. The fraction of sp³-hybridized carbons (Fsp3) is 0.0645. The van der Waals surface area contributed by atoms with Gasteiger partial charge in [-0.15, -0.1) is 0 Å². The Morgan fingerprint density at radius 2 is 1.03 bits per heavy atom. The molecular formula is C62H44N6. The Kier molecular flexibility index (Phi) is 9.67. The van der Waals surface area contributed by atoms with E-state index >= 15 is 0 Å². The van der Waals surface area contributed by atoms with Crippen LogP contribution >= 0.6 is 0 Å². The van der Waals surface area contributed by atoms with Gasteiger partial charge in [0.1, 0.15) is 17.3 Å². The summed E-state index contributed by atoms with van der Waals surface area (Å²) in [5.41, 5.74) is 14.7. The molecule has 13 rings (SSSR count). The lowest BCUT2D eigenvalue weighted by atomic mass is 9.88. The van der Waals surface area contributed by atoms with Crippen molar-refractivity contribution < 1.29 is 0 Å². The molecule has 0 radical (unpaired) electrons. The Morgan fingerprint density at radius 1 is 0.412 bits per heavy atom. The molecule has 6 heteroatoms. The van der Waals surface area contributed by atoms with Gasteiger partial charge in [0, 0.05) is 38.6 Å². The maximum absolute atomic E-state index is 5.58. The summed E-state index contributed by atoms with van der Waals surface area (Å²) in [6.45, 7) is 0. The summed E-state index contributed by atoms with van der Waals surface area (Å²) in [4.78, 5) is 21.5. The van der Waals surface area contributed by atoms with Gasteiger partial charge in [-0.1, -0.05) is 170 Å². The Balaban J connectivity index is 1.03. The summed E-state index contributed by atoms with van der Waals surface area (Å²) in [5, 5.41) is 4.58. The summed E-state index contributed by atoms with van der Waals surface area (Å²) >= 11 is 0. The zero-order chi connectivity index (χ0) is 45.0. The van der Waals surface area contributed by atoms with Crippen molar-refractivity contribution in [3.8, 4) is 56.8 Å². The van der Waals surface area contributed by atoms with Crippen LogP contribution in [0, 0.1) is 0 Å². The van der Waals surface area contributed by atoms with E-state index in [1.807, 2.05) is 12.1 Å². The van der Waals surface area contributed by atoms with Gasteiger partial charge in [0.2, 0.25) is 0 Å². The lowest BCUT2D eigenvalue weighted by Crippen LogP contribution is -2.04. The number of aromatic nitrogens is 6.